The first-order chi connectivity index (χ1) is 13.5. The average molecular weight is 378 g/mol. The molecule has 4 rings (SSSR count). The van der Waals surface area contributed by atoms with Gasteiger partial charge >= 0.3 is 0 Å². The number of benzene rings is 2. The van der Waals surface area contributed by atoms with Crippen LogP contribution >= 0.6 is 0 Å². The van der Waals surface area contributed by atoms with Gasteiger partial charge in [0, 0.05) is 43.5 Å². The van der Waals surface area contributed by atoms with Crippen molar-refractivity contribution in [1.82, 2.24) is 14.4 Å². The summed E-state index contributed by atoms with van der Waals surface area (Å²) in [5.41, 5.74) is 4.67. The first-order valence-electron chi connectivity index (χ1n) is 10.5. The summed E-state index contributed by atoms with van der Waals surface area (Å²) < 4.78 is 2.38. The van der Waals surface area contributed by atoms with Crippen molar-refractivity contribution in [1.29, 1.82) is 0 Å². The molecule has 0 bridgehead atoms. The molecule has 0 unspecified atom stereocenters. The SMILES string of the molecule is Cc1cc(C)c2c(c1)c(=O)c1ccccc1n2CCCCN1CCN(C)CC1. The zero-order chi connectivity index (χ0) is 19.7. The number of aryl methyl sites for hydroxylation is 3. The van der Waals surface area contributed by atoms with Crippen LogP contribution < -0.4 is 5.43 Å². The fraction of sp³-hybridized carbons (Fsp3) is 0.458. The maximum absolute atomic E-state index is 13.1. The van der Waals surface area contributed by atoms with Gasteiger partial charge in [0.2, 0.25) is 0 Å². The van der Waals surface area contributed by atoms with Crippen molar-refractivity contribution >= 4 is 21.8 Å². The molecule has 1 aromatic heterocycles. The van der Waals surface area contributed by atoms with Gasteiger partial charge in [-0.2, -0.15) is 0 Å². The standard InChI is InChI=1S/C24H31N3O/c1-18-16-19(2)23-21(17-18)24(28)20-8-4-5-9-22(20)27(23)11-7-6-10-26-14-12-25(3)13-15-26/h4-5,8-9,16-17H,6-7,10-15H2,1-3H3. The molecular weight excluding hydrogens is 346 g/mol. The van der Waals surface area contributed by atoms with Crippen molar-refractivity contribution in [2.45, 2.75) is 33.2 Å². The number of hydrogen-bond acceptors (Lipinski definition) is 3. The second-order valence-corrected chi connectivity index (χ2v) is 8.33. The van der Waals surface area contributed by atoms with Crippen LogP contribution in [0.4, 0.5) is 0 Å². The summed E-state index contributed by atoms with van der Waals surface area (Å²) in [4.78, 5) is 18.1. The van der Waals surface area contributed by atoms with Gasteiger partial charge in [-0.15, -0.1) is 0 Å². The Balaban J connectivity index is 1.62. The fourth-order valence-corrected chi connectivity index (χ4v) is 4.57. The minimum Gasteiger partial charge on any atom is -0.340 e. The first kappa shape index (κ1) is 19.2. The molecule has 148 valence electrons. The summed E-state index contributed by atoms with van der Waals surface area (Å²) in [7, 11) is 2.20. The van der Waals surface area contributed by atoms with Gasteiger partial charge in [0.1, 0.15) is 0 Å². The van der Waals surface area contributed by atoms with Crippen LogP contribution in [-0.4, -0.2) is 54.1 Å². The van der Waals surface area contributed by atoms with Gasteiger partial charge in [-0.3, -0.25) is 4.79 Å². The van der Waals surface area contributed by atoms with E-state index >= 15 is 0 Å². The van der Waals surface area contributed by atoms with Crippen LogP contribution in [0.1, 0.15) is 24.0 Å². The predicted octanol–water partition coefficient (Wildman–Crippen LogP) is 3.80. The molecule has 0 radical (unpaired) electrons. The van der Waals surface area contributed by atoms with Crippen LogP contribution in [0.2, 0.25) is 0 Å². The number of nitrogens with zero attached hydrogens (tertiary/aromatic N) is 3. The van der Waals surface area contributed by atoms with E-state index in [1.165, 1.54) is 44.7 Å². The largest absolute Gasteiger partial charge is 0.340 e. The molecule has 1 aliphatic heterocycles. The molecule has 0 amide bonds. The van der Waals surface area contributed by atoms with Crippen molar-refractivity contribution < 1.29 is 0 Å². The van der Waals surface area contributed by atoms with Crippen LogP contribution in [0.15, 0.2) is 41.2 Å². The fourth-order valence-electron chi connectivity index (χ4n) is 4.57. The van der Waals surface area contributed by atoms with E-state index in [2.05, 4.69) is 53.5 Å². The number of aromatic nitrogens is 1. The zero-order valence-electron chi connectivity index (χ0n) is 17.4. The van der Waals surface area contributed by atoms with Gasteiger partial charge in [0.15, 0.2) is 5.43 Å². The molecule has 0 aliphatic carbocycles. The Morgan fingerprint density at radius 2 is 1.61 bits per heavy atom. The van der Waals surface area contributed by atoms with E-state index in [0.717, 1.165) is 40.3 Å². The van der Waals surface area contributed by atoms with Crippen LogP contribution in [0.3, 0.4) is 0 Å². The van der Waals surface area contributed by atoms with Crippen molar-refractivity contribution in [2.75, 3.05) is 39.8 Å². The monoisotopic (exact) mass is 377 g/mol. The lowest BCUT2D eigenvalue weighted by Gasteiger charge is -2.32. The van der Waals surface area contributed by atoms with Crippen molar-refractivity contribution in [2.24, 2.45) is 0 Å². The van der Waals surface area contributed by atoms with Crippen molar-refractivity contribution in [3.8, 4) is 0 Å². The number of likely N-dealkylation sites (N-methyl/N-ethyl adjacent to an activating group) is 1. The minimum absolute atomic E-state index is 0.158. The van der Waals surface area contributed by atoms with Gasteiger partial charge in [-0.05, 0) is 69.6 Å². The lowest BCUT2D eigenvalue weighted by molar-refractivity contribution is 0.152. The molecular formula is C24H31N3O. The summed E-state index contributed by atoms with van der Waals surface area (Å²) in [6, 6.07) is 12.3. The number of para-hydroxylation sites is 1. The topological polar surface area (TPSA) is 28.5 Å². The smallest absolute Gasteiger partial charge is 0.197 e. The first-order valence-corrected chi connectivity index (χ1v) is 10.5. The molecule has 2 heterocycles. The molecule has 1 saturated heterocycles. The highest BCUT2D eigenvalue weighted by atomic mass is 16.1. The van der Waals surface area contributed by atoms with E-state index in [4.69, 9.17) is 0 Å². The third-order valence-corrected chi connectivity index (χ3v) is 6.10. The minimum atomic E-state index is 0.158. The predicted molar refractivity (Wildman–Crippen MR) is 118 cm³/mol. The van der Waals surface area contributed by atoms with Crippen LogP contribution in [0.5, 0.6) is 0 Å². The molecule has 0 N–H and O–H groups in total. The van der Waals surface area contributed by atoms with Crippen LogP contribution in [0.25, 0.3) is 21.8 Å². The second kappa shape index (κ2) is 8.06. The Labute approximate surface area is 167 Å². The van der Waals surface area contributed by atoms with E-state index < -0.39 is 0 Å². The molecule has 0 saturated carbocycles. The molecule has 4 heteroatoms. The molecule has 1 fully saturated rings. The molecule has 2 aromatic carbocycles. The van der Waals surface area contributed by atoms with E-state index in [1.807, 2.05) is 18.2 Å². The van der Waals surface area contributed by atoms with E-state index in [-0.39, 0.29) is 5.43 Å². The molecule has 3 aromatic rings. The third-order valence-electron chi connectivity index (χ3n) is 6.10. The van der Waals surface area contributed by atoms with Crippen LogP contribution in [0, 0.1) is 13.8 Å². The molecule has 0 spiro atoms. The third kappa shape index (κ3) is 3.71. The Hall–Kier alpha value is -2.17. The maximum atomic E-state index is 13.1. The molecule has 0 atom stereocenters. The second-order valence-electron chi connectivity index (χ2n) is 8.33. The summed E-state index contributed by atoms with van der Waals surface area (Å²) in [5, 5.41) is 1.69. The number of piperazine rings is 1. The average Bonchev–Trinajstić information content (AvgIpc) is 2.69. The molecule has 28 heavy (non-hydrogen) atoms. The van der Waals surface area contributed by atoms with Gasteiger partial charge in [-0.1, -0.05) is 18.2 Å². The molecule has 1 aliphatic rings. The summed E-state index contributed by atoms with van der Waals surface area (Å²) in [6.45, 7) is 11.0. The van der Waals surface area contributed by atoms with Gasteiger partial charge in [0.05, 0.1) is 11.0 Å². The Kier molecular flexibility index (Phi) is 5.51. The molecule has 4 nitrogen and oxygen atoms in total. The Morgan fingerprint density at radius 1 is 0.893 bits per heavy atom. The number of fused-ring (bicyclic) bond motifs is 2. The quantitative estimate of drug-likeness (QED) is 0.500. The summed E-state index contributed by atoms with van der Waals surface area (Å²) >= 11 is 0. The van der Waals surface area contributed by atoms with Gasteiger partial charge < -0.3 is 14.4 Å². The Bertz CT molecular complexity index is 1050. The highest BCUT2D eigenvalue weighted by Crippen LogP contribution is 2.24. The highest BCUT2D eigenvalue weighted by molar-refractivity contribution is 5.95. The number of hydrogen-bond donors (Lipinski definition) is 0. The number of pyridine rings is 1. The summed E-state index contributed by atoms with van der Waals surface area (Å²) in [6.07, 6.45) is 2.32. The van der Waals surface area contributed by atoms with Crippen LogP contribution in [-0.2, 0) is 6.54 Å². The van der Waals surface area contributed by atoms with E-state index in [1.54, 1.807) is 0 Å². The van der Waals surface area contributed by atoms with Gasteiger partial charge in [0.25, 0.3) is 0 Å². The van der Waals surface area contributed by atoms with Crippen molar-refractivity contribution in [3.05, 3.63) is 57.7 Å². The maximum Gasteiger partial charge on any atom is 0.197 e. The van der Waals surface area contributed by atoms with Crippen molar-refractivity contribution in [3.63, 3.8) is 0 Å². The normalized spacial score (nSPS) is 16.2. The Morgan fingerprint density at radius 3 is 2.39 bits per heavy atom. The number of unbranched alkanes of at least 4 members (excludes halogenated alkanes) is 1. The van der Waals surface area contributed by atoms with Gasteiger partial charge in [-0.25, -0.2) is 0 Å². The zero-order valence-corrected chi connectivity index (χ0v) is 17.4. The lowest BCUT2D eigenvalue weighted by atomic mass is 10.0. The number of rotatable bonds is 5. The lowest BCUT2D eigenvalue weighted by Crippen LogP contribution is -2.44. The highest BCUT2D eigenvalue weighted by Gasteiger charge is 2.15. The van der Waals surface area contributed by atoms with E-state index in [9.17, 15) is 4.79 Å². The van der Waals surface area contributed by atoms with E-state index in [0.29, 0.717) is 0 Å². The summed E-state index contributed by atoms with van der Waals surface area (Å²) in [5.74, 6) is 0.